The largest absolute Gasteiger partial charge is 0.416 e. The Morgan fingerprint density at radius 3 is 2.52 bits per heavy atom. The smallest absolute Gasteiger partial charge is 0.296 e. The zero-order valence-corrected chi connectivity index (χ0v) is 11.5. The van der Waals surface area contributed by atoms with E-state index in [1.54, 1.807) is 0 Å². The molecule has 1 aromatic carbocycles. The van der Waals surface area contributed by atoms with Crippen LogP contribution < -0.4 is 5.32 Å². The first-order chi connectivity index (χ1) is 9.84. The number of rotatable bonds is 3. The van der Waals surface area contributed by atoms with E-state index in [0.717, 1.165) is 6.07 Å². The van der Waals surface area contributed by atoms with E-state index in [2.05, 4.69) is 5.32 Å². The van der Waals surface area contributed by atoms with Gasteiger partial charge in [-0.2, -0.15) is 13.2 Å². The maximum Gasteiger partial charge on any atom is 0.416 e. The van der Waals surface area contributed by atoms with E-state index in [1.165, 1.54) is 18.2 Å². The fraction of sp³-hybridized carbons (Fsp3) is 0.467. The van der Waals surface area contributed by atoms with Crippen LogP contribution in [-0.4, -0.2) is 11.8 Å². The summed E-state index contributed by atoms with van der Waals surface area (Å²) in [6.45, 7) is 1.86. The molecular formula is C15H16F3NO2. The number of hydrogen-bond donors (Lipinski definition) is 1. The number of benzene rings is 1. The molecule has 2 rings (SSSR count). The zero-order chi connectivity index (χ0) is 15.6. The number of imide groups is 1. The number of halogens is 3. The first-order valence-electron chi connectivity index (χ1n) is 6.84. The van der Waals surface area contributed by atoms with Crippen LogP contribution in [0.2, 0.25) is 0 Å². The molecule has 2 amide bonds. The molecule has 1 heterocycles. The predicted octanol–water partition coefficient (Wildman–Crippen LogP) is 3.25. The lowest BCUT2D eigenvalue weighted by atomic mass is 9.76. The van der Waals surface area contributed by atoms with E-state index in [4.69, 9.17) is 0 Å². The minimum absolute atomic E-state index is 0.0339. The molecule has 0 radical (unpaired) electrons. The molecule has 6 heteroatoms. The molecule has 1 aromatic rings. The molecule has 1 aliphatic rings. The number of hydrogen-bond acceptors (Lipinski definition) is 2. The van der Waals surface area contributed by atoms with Gasteiger partial charge in [0, 0.05) is 18.3 Å². The molecule has 0 bridgehead atoms. The van der Waals surface area contributed by atoms with Crippen LogP contribution in [0.4, 0.5) is 13.2 Å². The molecule has 2 unspecified atom stereocenters. The SMILES string of the molecule is CCCC1C(=O)NC(=O)CC1c1ccccc1C(F)(F)F. The van der Waals surface area contributed by atoms with Gasteiger partial charge < -0.3 is 0 Å². The van der Waals surface area contributed by atoms with Crippen molar-refractivity contribution in [1.29, 1.82) is 0 Å². The predicted molar refractivity (Wildman–Crippen MR) is 70.3 cm³/mol. The summed E-state index contributed by atoms with van der Waals surface area (Å²) >= 11 is 0. The summed E-state index contributed by atoms with van der Waals surface area (Å²) in [6.07, 6.45) is -3.47. The first kappa shape index (κ1) is 15.5. The van der Waals surface area contributed by atoms with Crippen molar-refractivity contribution in [2.24, 2.45) is 5.92 Å². The molecule has 1 N–H and O–H groups in total. The van der Waals surface area contributed by atoms with Crippen LogP contribution in [0.3, 0.4) is 0 Å². The van der Waals surface area contributed by atoms with Crippen LogP contribution >= 0.6 is 0 Å². The van der Waals surface area contributed by atoms with E-state index in [-0.39, 0.29) is 12.0 Å². The van der Waals surface area contributed by atoms with E-state index in [0.29, 0.717) is 12.8 Å². The highest BCUT2D eigenvalue weighted by atomic mass is 19.4. The standard InChI is InChI=1S/C15H16F3NO2/c1-2-5-10-11(8-13(20)19-14(10)21)9-6-3-4-7-12(9)15(16,17)18/h3-4,6-7,10-11H,2,5,8H2,1H3,(H,19,20,21). The molecule has 1 fully saturated rings. The van der Waals surface area contributed by atoms with Crippen molar-refractivity contribution in [3.63, 3.8) is 0 Å². The number of amides is 2. The minimum atomic E-state index is -4.50. The summed E-state index contributed by atoms with van der Waals surface area (Å²) in [5.74, 6) is -2.32. The van der Waals surface area contributed by atoms with Gasteiger partial charge in [-0.15, -0.1) is 0 Å². The van der Waals surface area contributed by atoms with Crippen molar-refractivity contribution >= 4 is 11.8 Å². The highest BCUT2D eigenvalue weighted by Crippen LogP contribution is 2.41. The molecule has 0 aromatic heterocycles. The number of alkyl halides is 3. The molecular weight excluding hydrogens is 283 g/mol. The molecule has 1 saturated heterocycles. The summed E-state index contributed by atoms with van der Waals surface area (Å²) in [5, 5.41) is 2.21. The summed E-state index contributed by atoms with van der Waals surface area (Å²) < 4.78 is 39.4. The average molecular weight is 299 g/mol. The van der Waals surface area contributed by atoms with E-state index in [9.17, 15) is 22.8 Å². The third kappa shape index (κ3) is 3.25. The van der Waals surface area contributed by atoms with Crippen molar-refractivity contribution in [2.75, 3.05) is 0 Å². The van der Waals surface area contributed by atoms with Crippen molar-refractivity contribution in [1.82, 2.24) is 5.32 Å². The second kappa shape index (κ2) is 5.87. The highest BCUT2D eigenvalue weighted by molar-refractivity contribution is 5.99. The number of carbonyl (C=O) groups is 2. The number of piperidine rings is 1. The third-order valence-electron chi connectivity index (χ3n) is 3.76. The fourth-order valence-electron chi connectivity index (χ4n) is 2.85. The molecule has 0 saturated carbocycles. The van der Waals surface area contributed by atoms with Crippen molar-refractivity contribution in [3.8, 4) is 0 Å². The Kier molecular flexibility index (Phi) is 4.34. The Labute approximate surface area is 120 Å². The zero-order valence-electron chi connectivity index (χ0n) is 11.5. The Morgan fingerprint density at radius 2 is 1.90 bits per heavy atom. The van der Waals surface area contributed by atoms with Crippen molar-refractivity contribution in [2.45, 2.75) is 38.3 Å². The maximum atomic E-state index is 13.1. The van der Waals surface area contributed by atoms with Crippen LogP contribution in [0.25, 0.3) is 0 Å². The first-order valence-corrected chi connectivity index (χ1v) is 6.84. The van der Waals surface area contributed by atoms with Gasteiger partial charge in [-0.1, -0.05) is 31.5 Å². The normalized spacial score (nSPS) is 23.0. The molecule has 1 aliphatic heterocycles. The lowest BCUT2D eigenvalue weighted by Crippen LogP contribution is -2.45. The lowest BCUT2D eigenvalue weighted by Gasteiger charge is -2.31. The molecule has 114 valence electrons. The quantitative estimate of drug-likeness (QED) is 0.871. The minimum Gasteiger partial charge on any atom is -0.296 e. The highest BCUT2D eigenvalue weighted by Gasteiger charge is 2.41. The summed E-state index contributed by atoms with van der Waals surface area (Å²) in [7, 11) is 0. The molecule has 3 nitrogen and oxygen atoms in total. The van der Waals surface area contributed by atoms with Gasteiger partial charge in [-0.3, -0.25) is 14.9 Å². The van der Waals surface area contributed by atoms with Crippen LogP contribution in [0, 0.1) is 5.92 Å². The Morgan fingerprint density at radius 1 is 1.24 bits per heavy atom. The fourth-order valence-corrected chi connectivity index (χ4v) is 2.85. The maximum absolute atomic E-state index is 13.1. The summed E-state index contributed by atoms with van der Waals surface area (Å²) in [4.78, 5) is 23.5. The van der Waals surface area contributed by atoms with Gasteiger partial charge >= 0.3 is 6.18 Å². The van der Waals surface area contributed by atoms with Gasteiger partial charge in [0.1, 0.15) is 0 Å². The number of nitrogens with one attached hydrogen (secondary N) is 1. The van der Waals surface area contributed by atoms with Gasteiger partial charge in [-0.25, -0.2) is 0 Å². The van der Waals surface area contributed by atoms with Crippen LogP contribution in [0.15, 0.2) is 24.3 Å². The average Bonchev–Trinajstić information content (AvgIpc) is 2.40. The van der Waals surface area contributed by atoms with Gasteiger partial charge in [0.05, 0.1) is 5.56 Å². The monoisotopic (exact) mass is 299 g/mol. The number of carbonyl (C=O) groups excluding carboxylic acids is 2. The molecule has 2 atom stereocenters. The molecule has 21 heavy (non-hydrogen) atoms. The van der Waals surface area contributed by atoms with Gasteiger partial charge in [-0.05, 0) is 18.1 Å². The Bertz CT molecular complexity index is 554. The second-order valence-electron chi connectivity index (χ2n) is 5.20. The molecule has 0 aliphatic carbocycles. The van der Waals surface area contributed by atoms with Crippen LogP contribution in [0.1, 0.15) is 43.2 Å². The van der Waals surface area contributed by atoms with Crippen LogP contribution in [0.5, 0.6) is 0 Å². The van der Waals surface area contributed by atoms with Gasteiger partial charge in [0.25, 0.3) is 0 Å². The second-order valence-corrected chi connectivity index (χ2v) is 5.20. The summed E-state index contributed by atoms with van der Waals surface area (Å²) in [6, 6.07) is 5.17. The van der Waals surface area contributed by atoms with Gasteiger partial charge in [0.2, 0.25) is 11.8 Å². The Hall–Kier alpha value is -1.85. The van der Waals surface area contributed by atoms with E-state index in [1.807, 2.05) is 6.92 Å². The van der Waals surface area contributed by atoms with Crippen molar-refractivity contribution in [3.05, 3.63) is 35.4 Å². The van der Waals surface area contributed by atoms with Gasteiger partial charge in [0.15, 0.2) is 0 Å². The topological polar surface area (TPSA) is 46.2 Å². The Balaban J connectivity index is 2.47. The van der Waals surface area contributed by atoms with Crippen LogP contribution in [-0.2, 0) is 15.8 Å². The van der Waals surface area contributed by atoms with E-state index < -0.39 is 35.4 Å². The lowest BCUT2D eigenvalue weighted by molar-refractivity contribution is -0.142. The third-order valence-corrected chi connectivity index (χ3v) is 3.76. The van der Waals surface area contributed by atoms with Crippen molar-refractivity contribution < 1.29 is 22.8 Å². The van der Waals surface area contributed by atoms with E-state index >= 15 is 0 Å². The molecule has 0 spiro atoms. The summed E-state index contributed by atoms with van der Waals surface area (Å²) in [5.41, 5.74) is -0.731.